The fraction of sp³-hybridized carbons (Fsp3) is 0.571. The fourth-order valence-corrected chi connectivity index (χ4v) is 0.427. The number of nitrogens with zero attached hydrogens (tertiary/aromatic N) is 1. The maximum absolute atomic E-state index is 9.90. The minimum absolute atomic E-state index is 0.235. The molecule has 0 heterocycles. The molecule has 0 spiro atoms. The molecule has 2 nitrogen and oxygen atoms in total. The van der Waals surface area contributed by atoms with Crippen LogP contribution in [0.15, 0.2) is 22.6 Å². The Hall–Kier alpha value is -0.880. The molecule has 9 heavy (non-hydrogen) atoms. The Bertz CT molecular complexity index is 154. The van der Waals surface area contributed by atoms with Gasteiger partial charge in [-0.3, -0.25) is 0 Å². The molecule has 0 aliphatic rings. The third-order valence-electron chi connectivity index (χ3n) is 1.16. The molecule has 0 bridgehead atoms. The van der Waals surface area contributed by atoms with Crippen molar-refractivity contribution in [1.29, 1.82) is 0 Å². The molecule has 0 aromatic heterocycles. The van der Waals surface area contributed by atoms with Gasteiger partial charge < -0.3 is 0 Å². The van der Waals surface area contributed by atoms with E-state index in [1.54, 1.807) is 13.0 Å². The van der Waals surface area contributed by atoms with Crippen molar-refractivity contribution in [1.82, 2.24) is 0 Å². The molecule has 0 saturated heterocycles. The smallest absolute Gasteiger partial charge is 0.117 e. The van der Waals surface area contributed by atoms with Crippen molar-refractivity contribution in [3.8, 4) is 0 Å². The van der Waals surface area contributed by atoms with Crippen molar-refractivity contribution in [2.75, 3.05) is 0 Å². The van der Waals surface area contributed by atoms with Crippen LogP contribution in [0.3, 0.4) is 0 Å². The topological polar surface area (TPSA) is 29.4 Å². The molecule has 0 aromatic rings. The summed E-state index contributed by atoms with van der Waals surface area (Å²) in [5.41, 5.74) is 3.78. The van der Waals surface area contributed by atoms with E-state index in [1.807, 2.05) is 13.8 Å². The van der Waals surface area contributed by atoms with Crippen LogP contribution in [0, 0.1) is 4.91 Å². The molecule has 0 aromatic carbocycles. The van der Waals surface area contributed by atoms with Crippen molar-refractivity contribution >= 4 is 0 Å². The van der Waals surface area contributed by atoms with Crippen LogP contribution in [-0.4, -0.2) is 6.04 Å². The average molecular weight is 125 g/mol. The van der Waals surface area contributed by atoms with Gasteiger partial charge in [0.1, 0.15) is 6.04 Å². The number of nitroso groups, excluding NO2 is 1. The van der Waals surface area contributed by atoms with Crippen LogP contribution in [0.1, 0.15) is 20.8 Å². The number of rotatable bonds is 2. The molecule has 1 unspecified atom stereocenters. The lowest BCUT2D eigenvalue weighted by Crippen LogP contribution is -1.95. The first kappa shape index (κ1) is 8.12. The van der Waals surface area contributed by atoms with E-state index in [0.29, 0.717) is 0 Å². The summed E-state index contributed by atoms with van der Waals surface area (Å²) >= 11 is 0. The zero-order valence-electron chi connectivity index (χ0n) is 6.01. The van der Waals surface area contributed by atoms with Crippen molar-refractivity contribution < 1.29 is 0 Å². The van der Waals surface area contributed by atoms with E-state index in [2.05, 4.69) is 10.9 Å². The quantitative estimate of drug-likeness (QED) is 0.411. The molecule has 2 heteroatoms. The predicted octanol–water partition coefficient (Wildman–Crippen LogP) is 2.26. The lowest BCUT2D eigenvalue weighted by atomic mass is 10.2. The van der Waals surface area contributed by atoms with E-state index in [9.17, 15) is 4.91 Å². The second-order valence-electron chi connectivity index (χ2n) is 1.90. The Labute approximate surface area is 55.2 Å². The Morgan fingerprint density at radius 1 is 1.78 bits per heavy atom. The Kier molecular flexibility index (Phi) is 3.65. The van der Waals surface area contributed by atoms with Crippen LogP contribution in [0.5, 0.6) is 0 Å². The normalized spacial score (nSPS) is 11.4. The third kappa shape index (κ3) is 2.83. The molecule has 50 valence electrons. The van der Waals surface area contributed by atoms with Crippen LogP contribution in [0.4, 0.5) is 0 Å². The lowest BCUT2D eigenvalue weighted by molar-refractivity contribution is 0.856. The molecular weight excluding hydrogens is 114 g/mol. The van der Waals surface area contributed by atoms with Crippen LogP contribution >= 0.6 is 0 Å². The maximum Gasteiger partial charge on any atom is 0.117 e. The maximum atomic E-state index is 9.90. The van der Waals surface area contributed by atoms with Gasteiger partial charge in [-0.25, -0.2) is 0 Å². The minimum atomic E-state index is -0.235. The molecule has 0 fully saturated rings. The first-order valence-corrected chi connectivity index (χ1v) is 2.92. The Balaban J connectivity index is 4.19. The molecule has 0 aliphatic carbocycles. The van der Waals surface area contributed by atoms with E-state index >= 15 is 0 Å². The van der Waals surface area contributed by atoms with Crippen LogP contribution in [0.25, 0.3) is 0 Å². The van der Waals surface area contributed by atoms with Crippen molar-refractivity contribution in [3.05, 3.63) is 22.3 Å². The van der Waals surface area contributed by atoms with Gasteiger partial charge in [-0.15, -0.1) is 5.73 Å². The molecule has 0 radical (unpaired) electrons. The third-order valence-corrected chi connectivity index (χ3v) is 1.16. The predicted molar refractivity (Wildman–Crippen MR) is 38.2 cm³/mol. The summed E-state index contributed by atoms with van der Waals surface area (Å²) in [5, 5.41) is 2.84. The average Bonchev–Trinajstić information content (AvgIpc) is 1.87. The fourth-order valence-electron chi connectivity index (χ4n) is 0.427. The summed E-state index contributed by atoms with van der Waals surface area (Å²) < 4.78 is 0. The van der Waals surface area contributed by atoms with E-state index in [-0.39, 0.29) is 6.04 Å². The zero-order chi connectivity index (χ0) is 7.28. The van der Waals surface area contributed by atoms with Crippen molar-refractivity contribution in [3.63, 3.8) is 0 Å². The van der Waals surface area contributed by atoms with Gasteiger partial charge in [0, 0.05) is 0 Å². The summed E-state index contributed by atoms with van der Waals surface area (Å²) in [5.74, 6) is 0. The second kappa shape index (κ2) is 4.04. The highest BCUT2D eigenvalue weighted by molar-refractivity contribution is 5.04. The Morgan fingerprint density at radius 2 is 2.33 bits per heavy atom. The van der Waals surface area contributed by atoms with Gasteiger partial charge in [0.15, 0.2) is 0 Å². The van der Waals surface area contributed by atoms with Gasteiger partial charge in [-0.05, 0) is 32.4 Å². The largest absolute Gasteiger partial charge is 0.150 e. The van der Waals surface area contributed by atoms with E-state index in [0.717, 1.165) is 5.57 Å². The highest BCUT2D eigenvalue weighted by Crippen LogP contribution is 2.01. The van der Waals surface area contributed by atoms with Crippen LogP contribution < -0.4 is 0 Å². The summed E-state index contributed by atoms with van der Waals surface area (Å²) in [7, 11) is 0. The first-order chi connectivity index (χ1) is 4.22. The zero-order valence-corrected chi connectivity index (χ0v) is 6.01. The van der Waals surface area contributed by atoms with Gasteiger partial charge >= 0.3 is 0 Å². The SMILES string of the molecule is CC=C=C(C)C(C)N=O. The van der Waals surface area contributed by atoms with Crippen molar-refractivity contribution in [2.24, 2.45) is 5.18 Å². The van der Waals surface area contributed by atoms with E-state index in [4.69, 9.17) is 0 Å². The second-order valence-corrected chi connectivity index (χ2v) is 1.90. The lowest BCUT2D eigenvalue weighted by Gasteiger charge is -1.95. The van der Waals surface area contributed by atoms with Gasteiger partial charge in [0.25, 0.3) is 0 Å². The summed E-state index contributed by atoms with van der Waals surface area (Å²) in [6, 6.07) is -0.235. The number of hydrogen-bond acceptors (Lipinski definition) is 2. The Morgan fingerprint density at radius 3 is 2.67 bits per heavy atom. The highest BCUT2D eigenvalue weighted by atomic mass is 16.3. The molecule has 0 rings (SSSR count). The molecular formula is C7H11NO. The molecule has 1 atom stereocenters. The minimum Gasteiger partial charge on any atom is -0.150 e. The van der Waals surface area contributed by atoms with Gasteiger partial charge in [0.05, 0.1) is 0 Å². The van der Waals surface area contributed by atoms with Gasteiger partial charge in [0.2, 0.25) is 0 Å². The van der Waals surface area contributed by atoms with Gasteiger partial charge in [-0.1, -0.05) is 5.18 Å². The molecule has 0 aliphatic heterocycles. The summed E-state index contributed by atoms with van der Waals surface area (Å²) in [6.45, 7) is 5.45. The summed E-state index contributed by atoms with van der Waals surface area (Å²) in [6.07, 6.45) is 1.77. The van der Waals surface area contributed by atoms with Crippen LogP contribution in [0.2, 0.25) is 0 Å². The van der Waals surface area contributed by atoms with Crippen molar-refractivity contribution in [2.45, 2.75) is 26.8 Å². The van der Waals surface area contributed by atoms with E-state index < -0.39 is 0 Å². The molecule has 0 saturated carbocycles. The monoisotopic (exact) mass is 125 g/mol. The van der Waals surface area contributed by atoms with Crippen LogP contribution in [-0.2, 0) is 0 Å². The first-order valence-electron chi connectivity index (χ1n) is 2.92. The molecule has 0 N–H and O–H groups in total. The standard InChI is InChI=1S/C7H11NO/c1-4-5-6(2)7(3)8-9/h4,7H,1-3H3. The van der Waals surface area contributed by atoms with Gasteiger partial charge in [-0.2, -0.15) is 4.91 Å². The summed E-state index contributed by atoms with van der Waals surface area (Å²) in [4.78, 5) is 9.90. The molecule has 0 amide bonds. The van der Waals surface area contributed by atoms with E-state index in [1.165, 1.54) is 0 Å². The highest BCUT2D eigenvalue weighted by Gasteiger charge is 1.99. The number of hydrogen-bond donors (Lipinski definition) is 0.